The van der Waals surface area contributed by atoms with E-state index in [4.69, 9.17) is 0 Å². The third kappa shape index (κ3) is 3.55. The van der Waals surface area contributed by atoms with Gasteiger partial charge >= 0.3 is 12.3 Å². The second-order valence-electron chi connectivity index (χ2n) is 4.18. The van der Waals surface area contributed by atoms with Crippen LogP contribution in [0.4, 0.5) is 17.6 Å². The summed E-state index contributed by atoms with van der Waals surface area (Å²) in [5.41, 5.74) is 0. The van der Waals surface area contributed by atoms with Crippen LogP contribution in [0.15, 0.2) is 0 Å². The first-order chi connectivity index (χ1) is 7.87. The lowest BCUT2D eigenvalue weighted by atomic mass is 10.1. The van der Waals surface area contributed by atoms with Crippen LogP contribution in [0.2, 0.25) is 0 Å². The van der Waals surface area contributed by atoms with E-state index in [0.29, 0.717) is 6.54 Å². The monoisotopic (exact) mass is 256 g/mol. The van der Waals surface area contributed by atoms with E-state index in [1.165, 1.54) is 0 Å². The molecular weight excluding hydrogens is 240 g/mol. The fraction of sp³-hybridized carbons (Fsp3) is 0.900. The molecule has 1 rings (SSSR count). The van der Waals surface area contributed by atoms with E-state index in [0.717, 1.165) is 19.5 Å². The molecule has 3 nitrogen and oxygen atoms in total. The van der Waals surface area contributed by atoms with Gasteiger partial charge in [0, 0.05) is 13.1 Å². The molecule has 0 saturated carbocycles. The second-order valence-corrected chi connectivity index (χ2v) is 4.18. The van der Waals surface area contributed by atoms with Crippen LogP contribution in [0.3, 0.4) is 0 Å². The number of rotatable bonds is 5. The van der Waals surface area contributed by atoms with Gasteiger partial charge in [0.15, 0.2) is 0 Å². The number of nitrogens with zero attached hydrogens (tertiary/aromatic N) is 1. The van der Waals surface area contributed by atoms with Crippen molar-refractivity contribution < 1.29 is 22.4 Å². The van der Waals surface area contributed by atoms with E-state index >= 15 is 0 Å². The van der Waals surface area contributed by atoms with Gasteiger partial charge in [-0.3, -0.25) is 4.79 Å². The summed E-state index contributed by atoms with van der Waals surface area (Å²) in [7, 11) is 0. The van der Waals surface area contributed by atoms with Gasteiger partial charge in [-0.25, -0.2) is 8.78 Å². The Morgan fingerprint density at radius 1 is 1.53 bits per heavy atom. The minimum absolute atomic E-state index is 0.0254. The average molecular weight is 256 g/mol. The lowest BCUT2D eigenvalue weighted by molar-refractivity contribution is -0.169. The van der Waals surface area contributed by atoms with Crippen molar-refractivity contribution in [2.75, 3.05) is 26.2 Å². The van der Waals surface area contributed by atoms with Gasteiger partial charge in [0.1, 0.15) is 0 Å². The molecule has 1 heterocycles. The zero-order valence-electron chi connectivity index (χ0n) is 9.56. The summed E-state index contributed by atoms with van der Waals surface area (Å²) >= 11 is 0. The molecule has 1 N–H and O–H groups in total. The van der Waals surface area contributed by atoms with Crippen LogP contribution >= 0.6 is 0 Å². The van der Waals surface area contributed by atoms with Crippen LogP contribution in [0, 0.1) is 5.92 Å². The summed E-state index contributed by atoms with van der Waals surface area (Å²) in [4.78, 5) is 13.0. The summed E-state index contributed by atoms with van der Waals surface area (Å²) in [5.74, 6) is -6.42. The summed E-state index contributed by atoms with van der Waals surface area (Å²) in [5, 5.41) is 1.90. The van der Waals surface area contributed by atoms with Crippen molar-refractivity contribution in [3.8, 4) is 0 Å². The summed E-state index contributed by atoms with van der Waals surface area (Å²) < 4.78 is 48.9. The van der Waals surface area contributed by atoms with E-state index in [2.05, 4.69) is 4.90 Å². The second kappa shape index (κ2) is 5.66. The van der Waals surface area contributed by atoms with Crippen LogP contribution < -0.4 is 5.32 Å². The van der Waals surface area contributed by atoms with Crippen molar-refractivity contribution in [1.82, 2.24) is 10.2 Å². The Balaban J connectivity index is 2.34. The van der Waals surface area contributed by atoms with Gasteiger partial charge in [0.2, 0.25) is 0 Å². The molecule has 0 aromatic carbocycles. The highest BCUT2D eigenvalue weighted by Gasteiger charge is 2.48. The zero-order chi connectivity index (χ0) is 13.1. The SMILES string of the molecule is CCN1CCC(CNC(=O)C(F)(F)C(F)F)C1. The number of halogens is 4. The third-order valence-corrected chi connectivity index (χ3v) is 2.95. The zero-order valence-corrected chi connectivity index (χ0v) is 9.56. The predicted molar refractivity (Wildman–Crippen MR) is 54.2 cm³/mol. The Morgan fingerprint density at radius 2 is 2.18 bits per heavy atom. The average Bonchev–Trinajstić information content (AvgIpc) is 2.73. The van der Waals surface area contributed by atoms with Crippen molar-refractivity contribution in [2.45, 2.75) is 25.7 Å². The van der Waals surface area contributed by atoms with Gasteiger partial charge in [0.25, 0.3) is 5.91 Å². The smallest absolute Gasteiger partial charge is 0.350 e. The minimum Gasteiger partial charge on any atom is -0.350 e. The maximum absolute atomic E-state index is 12.6. The topological polar surface area (TPSA) is 32.3 Å². The van der Waals surface area contributed by atoms with Crippen LogP contribution in [0.25, 0.3) is 0 Å². The third-order valence-electron chi connectivity index (χ3n) is 2.95. The molecule has 7 heteroatoms. The summed E-state index contributed by atoms with van der Waals surface area (Å²) in [6.45, 7) is 4.42. The molecule has 1 amide bonds. The van der Waals surface area contributed by atoms with Crippen molar-refractivity contribution in [3.63, 3.8) is 0 Å². The first-order valence-electron chi connectivity index (χ1n) is 5.54. The molecule has 0 radical (unpaired) electrons. The van der Waals surface area contributed by atoms with E-state index in [-0.39, 0.29) is 12.5 Å². The van der Waals surface area contributed by atoms with E-state index in [9.17, 15) is 22.4 Å². The molecule has 0 aliphatic carbocycles. The number of hydrogen-bond donors (Lipinski definition) is 1. The fourth-order valence-electron chi connectivity index (χ4n) is 1.82. The Kier molecular flexibility index (Phi) is 4.73. The van der Waals surface area contributed by atoms with Crippen LogP contribution in [0.5, 0.6) is 0 Å². The van der Waals surface area contributed by atoms with Crippen LogP contribution in [-0.2, 0) is 4.79 Å². The molecule has 1 fully saturated rings. The number of hydrogen-bond acceptors (Lipinski definition) is 2. The fourth-order valence-corrected chi connectivity index (χ4v) is 1.82. The number of amides is 1. The molecule has 1 aliphatic heterocycles. The Morgan fingerprint density at radius 3 is 2.65 bits per heavy atom. The Bertz CT molecular complexity index is 273. The first kappa shape index (κ1) is 14.2. The molecule has 1 unspecified atom stereocenters. The lowest BCUT2D eigenvalue weighted by Crippen LogP contribution is -2.46. The van der Waals surface area contributed by atoms with E-state index < -0.39 is 18.3 Å². The highest BCUT2D eigenvalue weighted by atomic mass is 19.3. The normalized spacial score (nSPS) is 22.1. The Labute approximate surface area is 97.2 Å². The molecule has 0 spiro atoms. The molecule has 1 atom stereocenters. The molecule has 0 bridgehead atoms. The molecule has 1 aliphatic rings. The van der Waals surface area contributed by atoms with Crippen molar-refractivity contribution in [1.29, 1.82) is 0 Å². The highest BCUT2D eigenvalue weighted by molar-refractivity contribution is 5.83. The van der Waals surface area contributed by atoms with Gasteiger partial charge in [-0.2, -0.15) is 8.78 Å². The number of carbonyl (C=O) groups is 1. The highest BCUT2D eigenvalue weighted by Crippen LogP contribution is 2.23. The molecular formula is C10H16F4N2O. The van der Waals surface area contributed by atoms with Gasteiger partial charge < -0.3 is 10.2 Å². The van der Waals surface area contributed by atoms with Crippen LogP contribution in [-0.4, -0.2) is 49.3 Å². The number of nitrogens with one attached hydrogen (secondary N) is 1. The number of likely N-dealkylation sites (tertiary alicyclic amines) is 1. The van der Waals surface area contributed by atoms with Crippen LogP contribution in [0.1, 0.15) is 13.3 Å². The van der Waals surface area contributed by atoms with Crippen molar-refractivity contribution in [3.05, 3.63) is 0 Å². The van der Waals surface area contributed by atoms with E-state index in [1.54, 1.807) is 0 Å². The van der Waals surface area contributed by atoms with E-state index in [1.807, 2.05) is 12.2 Å². The Hall–Kier alpha value is -0.850. The molecule has 1 saturated heterocycles. The molecule has 17 heavy (non-hydrogen) atoms. The molecule has 100 valence electrons. The predicted octanol–water partition coefficient (Wildman–Crippen LogP) is 1.34. The molecule has 0 aromatic rings. The molecule has 0 aromatic heterocycles. The maximum Gasteiger partial charge on any atom is 0.383 e. The first-order valence-corrected chi connectivity index (χ1v) is 5.54. The van der Waals surface area contributed by atoms with Gasteiger partial charge in [-0.1, -0.05) is 6.92 Å². The summed E-state index contributed by atoms with van der Waals surface area (Å²) in [6.07, 6.45) is -3.17. The largest absolute Gasteiger partial charge is 0.383 e. The van der Waals surface area contributed by atoms with Crippen molar-refractivity contribution in [2.24, 2.45) is 5.92 Å². The van der Waals surface area contributed by atoms with Gasteiger partial charge in [0.05, 0.1) is 0 Å². The number of carbonyl (C=O) groups excluding carboxylic acids is 1. The maximum atomic E-state index is 12.6. The van der Waals surface area contributed by atoms with Gasteiger partial charge in [-0.15, -0.1) is 0 Å². The minimum atomic E-state index is -4.59. The quantitative estimate of drug-likeness (QED) is 0.753. The summed E-state index contributed by atoms with van der Waals surface area (Å²) in [6, 6.07) is 0. The van der Waals surface area contributed by atoms with Crippen molar-refractivity contribution >= 4 is 5.91 Å². The number of alkyl halides is 4. The standard InChI is InChI=1S/C10H16F4N2O/c1-2-16-4-3-7(6-16)5-15-9(17)10(13,14)8(11)12/h7-8H,2-6H2,1H3,(H,15,17). The lowest BCUT2D eigenvalue weighted by Gasteiger charge is -2.17. The van der Waals surface area contributed by atoms with Gasteiger partial charge in [-0.05, 0) is 25.4 Å².